The van der Waals surface area contributed by atoms with Crippen molar-refractivity contribution in [3.05, 3.63) is 46.6 Å². The van der Waals surface area contributed by atoms with Gasteiger partial charge in [-0.3, -0.25) is 4.90 Å². The molecular formula is C15H18ClN3O. The van der Waals surface area contributed by atoms with Crippen molar-refractivity contribution in [1.82, 2.24) is 15.1 Å². The Morgan fingerprint density at radius 3 is 2.65 bits per heavy atom. The number of rotatable bonds is 5. The van der Waals surface area contributed by atoms with E-state index in [1.54, 1.807) is 0 Å². The minimum absolute atomic E-state index is 0.267. The van der Waals surface area contributed by atoms with Crippen LogP contribution >= 0.6 is 11.6 Å². The SMILES string of the molecule is CC(c1ccc(Cl)cc1)N(C)Cc1nnc(C2CC2)o1. The molecule has 4 nitrogen and oxygen atoms in total. The monoisotopic (exact) mass is 291 g/mol. The molecule has 1 atom stereocenters. The van der Waals surface area contributed by atoms with Crippen molar-refractivity contribution in [2.24, 2.45) is 0 Å². The van der Waals surface area contributed by atoms with Crippen molar-refractivity contribution >= 4 is 11.6 Å². The second-order valence-electron chi connectivity index (χ2n) is 5.45. The first-order chi connectivity index (χ1) is 9.63. The third-order valence-electron chi connectivity index (χ3n) is 3.81. The van der Waals surface area contributed by atoms with Crippen molar-refractivity contribution in [3.63, 3.8) is 0 Å². The van der Waals surface area contributed by atoms with Gasteiger partial charge in [0.2, 0.25) is 11.8 Å². The van der Waals surface area contributed by atoms with Crippen molar-refractivity contribution in [1.29, 1.82) is 0 Å². The Morgan fingerprint density at radius 1 is 1.30 bits per heavy atom. The Kier molecular flexibility index (Phi) is 3.76. The third-order valence-corrected chi connectivity index (χ3v) is 4.06. The lowest BCUT2D eigenvalue weighted by molar-refractivity contribution is 0.225. The molecule has 1 saturated carbocycles. The van der Waals surface area contributed by atoms with Crippen LogP contribution in [0.2, 0.25) is 5.02 Å². The van der Waals surface area contributed by atoms with E-state index >= 15 is 0 Å². The smallest absolute Gasteiger partial charge is 0.230 e. The van der Waals surface area contributed by atoms with Gasteiger partial charge < -0.3 is 4.42 Å². The molecule has 20 heavy (non-hydrogen) atoms. The van der Waals surface area contributed by atoms with Gasteiger partial charge in [0.15, 0.2) is 0 Å². The van der Waals surface area contributed by atoms with Crippen LogP contribution in [0.3, 0.4) is 0 Å². The van der Waals surface area contributed by atoms with Crippen LogP contribution in [0.15, 0.2) is 28.7 Å². The zero-order valence-corrected chi connectivity index (χ0v) is 12.5. The standard InChI is InChI=1S/C15H18ClN3O/c1-10(11-5-7-13(16)8-6-11)19(2)9-14-17-18-15(20-14)12-3-4-12/h5-8,10,12H,3-4,9H2,1-2H3. The third kappa shape index (κ3) is 3.02. The summed E-state index contributed by atoms with van der Waals surface area (Å²) < 4.78 is 5.70. The van der Waals surface area contributed by atoms with E-state index in [2.05, 4.69) is 29.1 Å². The van der Waals surface area contributed by atoms with Crippen molar-refractivity contribution in [2.45, 2.75) is 38.3 Å². The fourth-order valence-corrected chi connectivity index (χ4v) is 2.30. The van der Waals surface area contributed by atoms with Gasteiger partial charge in [0.25, 0.3) is 0 Å². The highest BCUT2D eigenvalue weighted by Crippen LogP contribution is 2.39. The molecule has 0 spiro atoms. The number of hydrogen-bond acceptors (Lipinski definition) is 4. The summed E-state index contributed by atoms with van der Waals surface area (Å²) in [6.45, 7) is 2.81. The van der Waals surface area contributed by atoms with E-state index in [1.807, 2.05) is 24.3 Å². The number of hydrogen-bond donors (Lipinski definition) is 0. The normalized spacial score (nSPS) is 16.6. The molecule has 1 aliphatic carbocycles. The topological polar surface area (TPSA) is 42.2 Å². The summed E-state index contributed by atoms with van der Waals surface area (Å²) in [7, 11) is 2.06. The zero-order valence-electron chi connectivity index (χ0n) is 11.7. The summed E-state index contributed by atoms with van der Waals surface area (Å²) in [6.07, 6.45) is 2.36. The van der Waals surface area contributed by atoms with E-state index < -0.39 is 0 Å². The number of aromatic nitrogens is 2. The maximum absolute atomic E-state index is 5.92. The van der Waals surface area contributed by atoms with Crippen LogP contribution in [0.25, 0.3) is 0 Å². The molecule has 0 bridgehead atoms. The van der Waals surface area contributed by atoms with E-state index in [4.69, 9.17) is 16.0 Å². The zero-order chi connectivity index (χ0) is 14.1. The Balaban J connectivity index is 1.64. The van der Waals surface area contributed by atoms with Crippen LogP contribution in [0, 0.1) is 0 Å². The largest absolute Gasteiger partial charge is 0.424 e. The van der Waals surface area contributed by atoms with E-state index in [0.717, 1.165) is 10.9 Å². The minimum atomic E-state index is 0.267. The molecule has 0 radical (unpaired) electrons. The predicted molar refractivity (Wildman–Crippen MR) is 77.6 cm³/mol. The molecule has 3 rings (SSSR count). The second-order valence-corrected chi connectivity index (χ2v) is 5.89. The average Bonchev–Trinajstić information content (AvgIpc) is 3.20. The van der Waals surface area contributed by atoms with Gasteiger partial charge in [0.1, 0.15) is 0 Å². The van der Waals surface area contributed by atoms with Gasteiger partial charge in [-0.15, -0.1) is 10.2 Å². The van der Waals surface area contributed by atoms with Crippen molar-refractivity contribution < 1.29 is 4.42 Å². The summed E-state index contributed by atoms with van der Waals surface area (Å²) >= 11 is 5.92. The summed E-state index contributed by atoms with van der Waals surface area (Å²) in [5.74, 6) is 2.00. The van der Waals surface area contributed by atoms with Gasteiger partial charge >= 0.3 is 0 Å². The Hall–Kier alpha value is -1.39. The molecular weight excluding hydrogens is 274 g/mol. The van der Waals surface area contributed by atoms with Gasteiger partial charge in [-0.05, 0) is 44.5 Å². The number of benzene rings is 1. The number of nitrogens with zero attached hydrogens (tertiary/aromatic N) is 3. The molecule has 106 valence electrons. The van der Waals surface area contributed by atoms with Crippen LogP contribution in [-0.4, -0.2) is 22.1 Å². The lowest BCUT2D eigenvalue weighted by Crippen LogP contribution is -2.22. The molecule has 2 aromatic rings. The van der Waals surface area contributed by atoms with E-state index in [1.165, 1.54) is 18.4 Å². The molecule has 0 N–H and O–H groups in total. The Labute approximate surface area is 123 Å². The molecule has 0 aliphatic heterocycles. The highest BCUT2D eigenvalue weighted by molar-refractivity contribution is 6.30. The second kappa shape index (κ2) is 5.54. The fraction of sp³-hybridized carbons (Fsp3) is 0.467. The molecule has 1 heterocycles. The maximum Gasteiger partial charge on any atom is 0.230 e. The van der Waals surface area contributed by atoms with Crippen LogP contribution in [0.4, 0.5) is 0 Å². The van der Waals surface area contributed by atoms with Gasteiger partial charge in [-0.2, -0.15) is 0 Å². The molecule has 1 fully saturated rings. The summed E-state index contributed by atoms with van der Waals surface area (Å²) in [4.78, 5) is 2.19. The van der Waals surface area contributed by atoms with Crippen molar-refractivity contribution in [3.8, 4) is 0 Å². The van der Waals surface area contributed by atoms with Crippen LogP contribution < -0.4 is 0 Å². The minimum Gasteiger partial charge on any atom is -0.424 e. The molecule has 1 aromatic carbocycles. The molecule has 0 amide bonds. The summed E-state index contributed by atoms with van der Waals surface area (Å²) in [5, 5.41) is 9.00. The lowest BCUT2D eigenvalue weighted by Gasteiger charge is -2.23. The van der Waals surface area contributed by atoms with Gasteiger partial charge in [-0.1, -0.05) is 23.7 Å². The van der Waals surface area contributed by atoms with Crippen LogP contribution in [-0.2, 0) is 6.54 Å². The molecule has 5 heteroatoms. The highest BCUT2D eigenvalue weighted by atomic mass is 35.5. The highest BCUT2D eigenvalue weighted by Gasteiger charge is 2.29. The van der Waals surface area contributed by atoms with Gasteiger partial charge in [0.05, 0.1) is 6.54 Å². The molecule has 1 aliphatic rings. The quantitative estimate of drug-likeness (QED) is 0.840. The molecule has 1 aromatic heterocycles. The Morgan fingerprint density at radius 2 is 2.00 bits per heavy atom. The van der Waals surface area contributed by atoms with E-state index in [9.17, 15) is 0 Å². The van der Waals surface area contributed by atoms with Crippen molar-refractivity contribution in [2.75, 3.05) is 7.05 Å². The summed E-state index contributed by atoms with van der Waals surface area (Å²) in [6, 6.07) is 8.20. The fourth-order valence-electron chi connectivity index (χ4n) is 2.17. The lowest BCUT2D eigenvalue weighted by atomic mass is 10.1. The molecule has 0 saturated heterocycles. The Bertz CT molecular complexity index is 577. The van der Waals surface area contributed by atoms with Crippen LogP contribution in [0.5, 0.6) is 0 Å². The van der Waals surface area contributed by atoms with Gasteiger partial charge in [-0.25, -0.2) is 0 Å². The van der Waals surface area contributed by atoms with Gasteiger partial charge in [0, 0.05) is 17.0 Å². The van der Waals surface area contributed by atoms with E-state index in [-0.39, 0.29) is 6.04 Å². The maximum atomic E-state index is 5.92. The first-order valence-electron chi connectivity index (χ1n) is 6.91. The number of halogens is 1. The first-order valence-corrected chi connectivity index (χ1v) is 7.29. The summed E-state index contributed by atoms with van der Waals surface area (Å²) in [5.41, 5.74) is 1.22. The van der Waals surface area contributed by atoms with Crippen LogP contribution in [0.1, 0.15) is 49.1 Å². The van der Waals surface area contributed by atoms with E-state index in [0.29, 0.717) is 18.4 Å². The average molecular weight is 292 g/mol. The first kappa shape index (κ1) is 13.6. The predicted octanol–water partition coefficient (Wildman–Crippen LogP) is 3.79. The molecule has 1 unspecified atom stereocenters.